The minimum Gasteiger partial charge on any atom is -0.388 e. The van der Waals surface area contributed by atoms with E-state index in [9.17, 15) is 9.90 Å². The molecule has 1 saturated heterocycles. The van der Waals surface area contributed by atoms with Crippen LogP contribution in [0, 0.1) is 5.92 Å². The average molecular weight is 317 g/mol. The van der Waals surface area contributed by atoms with E-state index in [0.717, 1.165) is 44.1 Å². The van der Waals surface area contributed by atoms with E-state index < -0.39 is 5.60 Å². The van der Waals surface area contributed by atoms with E-state index in [2.05, 4.69) is 0 Å². The molecule has 1 N–H and O–H groups in total. The van der Waals surface area contributed by atoms with Crippen molar-refractivity contribution >= 4 is 5.91 Å². The number of nitrogens with zero attached hydrogens (tertiary/aromatic N) is 1. The maximum Gasteiger partial charge on any atom is 0.226 e. The van der Waals surface area contributed by atoms with Crippen LogP contribution in [0.4, 0.5) is 0 Å². The zero-order valence-electron chi connectivity index (χ0n) is 13.7. The van der Waals surface area contributed by atoms with Gasteiger partial charge in [0, 0.05) is 32.2 Å². The summed E-state index contributed by atoms with van der Waals surface area (Å²) in [4.78, 5) is 14.9. The highest BCUT2D eigenvalue weighted by Gasteiger charge is 2.36. The standard InChI is InChI=1S/C19H27NO3/c21-18(17-8-12-23-13-9-17)20(14-16-6-2-1-3-7-16)15-19(22)10-4-5-11-19/h1-3,6-7,17,22H,4-5,8-15H2. The number of carbonyl (C=O) groups excluding carboxylic acids is 1. The number of amides is 1. The fourth-order valence-corrected chi connectivity index (χ4v) is 3.76. The third-order valence-electron chi connectivity index (χ3n) is 5.12. The topological polar surface area (TPSA) is 49.8 Å². The minimum atomic E-state index is -0.699. The summed E-state index contributed by atoms with van der Waals surface area (Å²) in [7, 11) is 0. The van der Waals surface area contributed by atoms with Gasteiger partial charge < -0.3 is 14.7 Å². The second-order valence-corrected chi connectivity index (χ2v) is 7.00. The Hall–Kier alpha value is -1.39. The molecule has 0 unspecified atom stereocenters. The van der Waals surface area contributed by atoms with Gasteiger partial charge in [-0.25, -0.2) is 0 Å². The maximum absolute atomic E-state index is 13.0. The molecule has 1 aromatic rings. The van der Waals surface area contributed by atoms with Gasteiger partial charge in [-0.2, -0.15) is 0 Å². The normalized spacial score (nSPS) is 21.3. The van der Waals surface area contributed by atoms with Gasteiger partial charge >= 0.3 is 0 Å². The minimum absolute atomic E-state index is 0.0393. The zero-order valence-corrected chi connectivity index (χ0v) is 13.7. The molecule has 23 heavy (non-hydrogen) atoms. The van der Waals surface area contributed by atoms with Crippen molar-refractivity contribution in [3.05, 3.63) is 35.9 Å². The van der Waals surface area contributed by atoms with Crippen LogP contribution in [0.15, 0.2) is 30.3 Å². The van der Waals surface area contributed by atoms with Gasteiger partial charge in [0.15, 0.2) is 0 Å². The van der Waals surface area contributed by atoms with Crippen LogP contribution in [0.5, 0.6) is 0 Å². The van der Waals surface area contributed by atoms with Crippen LogP contribution < -0.4 is 0 Å². The number of hydrogen-bond acceptors (Lipinski definition) is 3. The Kier molecular flexibility index (Phi) is 5.34. The molecule has 0 aromatic heterocycles. The number of aliphatic hydroxyl groups is 1. The molecule has 1 amide bonds. The Labute approximate surface area is 138 Å². The summed E-state index contributed by atoms with van der Waals surface area (Å²) in [5.74, 6) is 0.218. The van der Waals surface area contributed by atoms with Crippen molar-refractivity contribution in [2.45, 2.75) is 50.7 Å². The highest BCUT2D eigenvalue weighted by Crippen LogP contribution is 2.31. The third-order valence-corrected chi connectivity index (χ3v) is 5.12. The second kappa shape index (κ2) is 7.45. The lowest BCUT2D eigenvalue weighted by Gasteiger charge is -2.34. The van der Waals surface area contributed by atoms with E-state index in [4.69, 9.17) is 4.74 Å². The van der Waals surface area contributed by atoms with Crippen molar-refractivity contribution in [1.29, 1.82) is 0 Å². The summed E-state index contributed by atoms with van der Waals surface area (Å²) in [5.41, 5.74) is 0.421. The second-order valence-electron chi connectivity index (χ2n) is 7.00. The quantitative estimate of drug-likeness (QED) is 0.908. The SMILES string of the molecule is O=C(C1CCOCC1)N(Cc1ccccc1)CC1(O)CCCC1. The number of carbonyl (C=O) groups is 1. The van der Waals surface area contributed by atoms with Gasteiger partial charge in [0.25, 0.3) is 0 Å². The zero-order chi connectivity index (χ0) is 16.1. The molecular formula is C19H27NO3. The summed E-state index contributed by atoms with van der Waals surface area (Å²) in [6, 6.07) is 10.1. The first-order valence-corrected chi connectivity index (χ1v) is 8.79. The Morgan fingerprint density at radius 3 is 2.48 bits per heavy atom. The van der Waals surface area contributed by atoms with Crippen molar-refractivity contribution in [3.8, 4) is 0 Å². The van der Waals surface area contributed by atoms with Crippen molar-refractivity contribution in [1.82, 2.24) is 4.90 Å². The summed E-state index contributed by atoms with van der Waals surface area (Å²) in [5, 5.41) is 10.8. The van der Waals surface area contributed by atoms with E-state index >= 15 is 0 Å². The molecule has 4 heteroatoms. The van der Waals surface area contributed by atoms with E-state index in [1.807, 2.05) is 35.2 Å². The van der Waals surface area contributed by atoms with Gasteiger partial charge in [-0.05, 0) is 31.2 Å². The van der Waals surface area contributed by atoms with Gasteiger partial charge in [0.05, 0.1) is 5.60 Å². The first-order chi connectivity index (χ1) is 11.2. The molecule has 3 rings (SSSR count). The first kappa shape index (κ1) is 16.5. The van der Waals surface area contributed by atoms with Crippen molar-refractivity contribution in [2.75, 3.05) is 19.8 Å². The van der Waals surface area contributed by atoms with E-state index in [0.29, 0.717) is 26.3 Å². The number of ether oxygens (including phenoxy) is 1. The molecule has 1 aromatic carbocycles. The van der Waals surface area contributed by atoms with Gasteiger partial charge in [-0.1, -0.05) is 43.2 Å². The Balaban J connectivity index is 1.73. The number of benzene rings is 1. The molecule has 0 radical (unpaired) electrons. The van der Waals surface area contributed by atoms with E-state index in [1.165, 1.54) is 0 Å². The van der Waals surface area contributed by atoms with Crippen LogP contribution in [0.3, 0.4) is 0 Å². The van der Waals surface area contributed by atoms with Gasteiger partial charge in [0.2, 0.25) is 5.91 Å². The average Bonchev–Trinajstić information content (AvgIpc) is 3.02. The van der Waals surface area contributed by atoms with Gasteiger partial charge in [-0.15, -0.1) is 0 Å². The maximum atomic E-state index is 13.0. The molecule has 0 bridgehead atoms. The van der Waals surface area contributed by atoms with E-state index in [-0.39, 0.29) is 11.8 Å². The molecule has 2 aliphatic rings. The fraction of sp³-hybridized carbons (Fsp3) is 0.632. The molecule has 1 saturated carbocycles. The predicted octanol–water partition coefficient (Wildman–Crippen LogP) is 2.75. The molecule has 1 aliphatic carbocycles. The van der Waals surface area contributed by atoms with Crippen molar-refractivity contribution in [3.63, 3.8) is 0 Å². The number of rotatable bonds is 5. The van der Waals surface area contributed by atoms with Crippen LogP contribution in [0.2, 0.25) is 0 Å². The number of hydrogen-bond donors (Lipinski definition) is 1. The largest absolute Gasteiger partial charge is 0.388 e. The van der Waals surface area contributed by atoms with E-state index in [1.54, 1.807) is 0 Å². The summed E-state index contributed by atoms with van der Waals surface area (Å²) in [6.07, 6.45) is 5.31. The van der Waals surface area contributed by atoms with Crippen LogP contribution in [0.1, 0.15) is 44.1 Å². The Bertz CT molecular complexity index is 505. The van der Waals surface area contributed by atoms with Crippen LogP contribution in [-0.2, 0) is 16.1 Å². The molecule has 2 fully saturated rings. The highest BCUT2D eigenvalue weighted by atomic mass is 16.5. The molecular weight excluding hydrogens is 290 g/mol. The van der Waals surface area contributed by atoms with Gasteiger partial charge in [0.1, 0.15) is 0 Å². The lowest BCUT2D eigenvalue weighted by atomic mass is 9.96. The van der Waals surface area contributed by atoms with Gasteiger partial charge in [-0.3, -0.25) is 4.79 Å². The Morgan fingerprint density at radius 1 is 1.17 bits per heavy atom. The lowest BCUT2D eigenvalue weighted by molar-refractivity contribution is -0.143. The summed E-state index contributed by atoms with van der Waals surface area (Å²) >= 11 is 0. The van der Waals surface area contributed by atoms with Crippen LogP contribution in [-0.4, -0.2) is 41.3 Å². The Morgan fingerprint density at radius 2 is 1.83 bits per heavy atom. The molecule has 1 aliphatic heterocycles. The summed E-state index contributed by atoms with van der Waals surface area (Å²) in [6.45, 7) is 2.37. The molecule has 1 heterocycles. The lowest BCUT2D eigenvalue weighted by Crippen LogP contribution is -2.46. The fourth-order valence-electron chi connectivity index (χ4n) is 3.76. The molecule has 0 atom stereocenters. The highest BCUT2D eigenvalue weighted by molar-refractivity contribution is 5.79. The molecule has 126 valence electrons. The summed E-state index contributed by atoms with van der Waals surface area (Å²) < 4.78 is 5.38. The third kappa shape index (κ3) is 4.33. The predicted molar refractivity (Wildman–Crippen MR) is 88.8 cm³/mol. The monoisotopic (exact) mass is 317 g/mol. The van der Waals surface area contributed by atoms with Crippen LogP contribution in [0.25, 0.3) is 0 Å². The molecule has 0 spiro atoms. The van der Waals surface area contributed by atoms with Crippen molar-refractivity contribution in [2.24, 2.45) is 5.92 Å². The molecule has 4 nitrogen and oxygen atoms in total. The van der Waals surface area contributed by atoms with Crippen LogP contribution >= 0.6 is 0 Å². The first-order valence-electron chi connectivity index (χ1n) is 8.79. The smallest absolute Gasteiger partial charge is 0.226 e. The van der Waals surface area contributed by atoms with Crippen molar-refractivity contribution < 1.29 is 14.6 Å².